The van der Waals surface area contributed by atoms with Gasteiger partial charge in [-0.3, -0.25) is 0 Å². The fourth-order valence-electron chi connectivity index (χ4n) is 9.34. The highest BCUT2D eigenvalue weighted by atomic mass is 16.5. The van der Waals surface area contributed by atoms with E-state index in [4.69, 9.17) is 4.74 Å². The van der Waals surface area contributed by atoms with Crippen LogP contribution in [0.15, 0.2) is 200 Å². The second-order valence-corrected chi connectivity index (χ2v) is 16.6. The summed E-state index contributed by atoms with van der Waals surface area (Å²) in [7, 11) is 0. The monoisotopic (exact) mass is 793 g/mol. The van der Waals surface area contributed by atoms with Gasteiger partial charge in [0.25, 0.3) is 0 Å². The molecule has 0 fully saturated rings. The first-order chi connectivity index (χ1) is 30.1. The molecule has 1 aliphatic rings. The van der Waals surface area contributed by atoms with Crippen LogP contribution in [0.3, 0.4) is 0 Å². The number of fused-ring (bicyclic) bond motifs is 3. The lowest BCUT2D eigenvalue weighted by molar-refractivity contribution is 0.481. The third kappa shape index (κ3) is 7.91. The molecule has 0 radical (unpaired) electrons. The maximum Gasteiger partial charge on any atom is 0.127 e. The van der Waals surface area contributed by atoms with E-state index in [2.05, 4.69) is 226 Å². The summed E-state index contributed by atoms with van der Waals surface area (Å²) in [5.74, 6) is 2.20. The number of rotatable bonds is 15. The Bertz CT molecular complexity index is 2670. The number of unbranched alkanes of at least 4 members (excludes halogenated alkanes) is 3. The Hall–Kier alpha value is -6.64. The van der Waals surface area contributed by atoms with Crippen LogP contribution in [-0.2, 0) is 11.8 Å². The molecule has 1 aliphatic carbocycles. The minimum Gasteiger partial charge on any atom is -0.457 e. The van der Waals surface area contributed by atoms with Gasteiger partial charge in [-0.25, -0.2) is 0 Å². The van der Waals surface area contributed by atoms with Crippen molar-refractivity contribution in [3.05, 3.63) is 234 Å². The largest absolute Gasteiger partial charge is 0.457 e. The van der Waals surface area contributed by atoms with Crippen LogP contribution in [0.5, 0.6) is 11.5 Å². The molecule has 61 heavy (non-hydrogen) atoms. The zero-order valence-corrected chi connectivity index (χ0v) is 35.7. The predicted molar refractivity (Wildman–Crippen MR) is 257 cm³/mol. The van der Waals surface area contributed by atoms with Gasteiger partial charge in [0.05, 0.1) is 5.41 Å². The van der Waals surface area contributed by atoms with Crippen LogP contribution in [0, 0.1) is 0 Å². The van der Waals surface area contributed by atoms with Crippen molar-refractivity contribution in [3.63, 3.8) is 0 Å². The first-order valence-corrected chi connectivity index (χ1v) is 22.3. The van der Waals surface area contributed by atoms with Crippen LogP contribution in [-0.4, -0.2) is 0 Å². The number of para-hydroxylation sites is 1. The van der Waals surface area contributed by atoms with Gasteiger partial charge in [-0.1, -0.05) is 180 Å². The maximum atomic E-state index is 6.49. The summed E-state index contributed by atoms with van der Waals surface area (Å²) in [6.45, 7) is 6.79. The molecule has 0 saturated carbocycles. The Morgan fingerprint density at radius 3 is 1.70 bits per heavy atom. The molecule has 0 aromatic heterocycles. The molecule has 0 saturated heterocycles. The van der Waals surface area contributed by atoms with E-state index >= 15 is 0 Å². The third-order valence-electron chi connectivity index (χ3n) is 12.8. The number of hydrogen-bond acceptors (Lipinski definition) is 2. The molecule has 8 aromatic rings. The maximum absolute atomic E-state index is 6.49. The van der Waals surface area contributed by atoms with Crippen molar-refractivity contribution < 1.29 is 4.74 Å². The van der Waals surface area contributed by atoms with Gasteiger partial charge in [-0.15, -0.1) is 0 Å². The van der Waals surface area contributed by atoms with Crippen LogP contribution in [0.4, 0.5) is 17.1 Å². The van der Waals surface area contributed by atoms with Crippen LogP contribution in [0.25, 0.3) is 22.3 Å². The van der Waals surface area contributed by atoms with E-state index in [9.17, 15) is 0 Å². The molecule has 8 aromatic carbocycles. The molecule has 2 heteroatoms. The number of ether oxygens (including phenoxy) is 1. The standard InChI is InChI=1S/C59H55NO/c1-4-6-7-10-17-44-24-30-48(31-25-44)59(49-32-39-54(40-33-49)61-53-37-28-45(29-38-53)43(3)5-2)57-23-16-15-22-55(57)56-41-36-52(42-58(56)59)60(50-20-13-9-14-21-50)51-34-26-47(27-35-51)46-18-11-8-12-19-46/h8-9,11-16,18-43H,4-7,10,17H2,1-3H3. The minimum absolute atomic E-state index is 0.525. The van der Waals surface area contributed by atoms with Crippen molar-refractivity contribution in [1.82, 2.24) is 0 Å². The average molecular weight is 794 g/mol. The molecule has 0 spiro atoms. The summed E-state index contributed by atoms with van der Waals surface area (Å²) in [4.78, 5) is 2.39. The van der Waals surface area contributed by atoms with Gasteiger partial charge in [0, 0.05) is 17.1 Å². The molecule has 2 atom stereocenters. The fraction of sp³-hybridized carbons (Fsp3) is 0.186. The molecule has 0 heterocycles. The van der Waals surface area contributed by atoms with Gasteiger partial charge in [-0.2, -0.15) is 0 Å². The normalized spacial score (nSPS) is 14.5. The summed E-state index contributed by atoms with van der Waals surface area (Å²) in [5.41, 5.74) is 15.5. The topological polar surface area (TPSA) is 12.5 Å². The van der Waals surface area contributed by atoms with Gasteiger partial charge in [0.1, 0.15) is 11.5 Å². The zero-order valence-electron chi connectivity index (χ0n) is 35.7. The van der Waals surface area contributed by atoms with E-state index in [1.165, 1.54) is 81.3 Å². The van der Waals surface area contributed by atoms with E-state index in [1.54, 1.807) is 0 Å². The second kappa shape index (κ2) is 17.9. The van der Waals surface area contributed by atoms with Crippen molar-refractivity contribution in [3.8, 4) is 33.8 Å². The molecule has 302 valence electrons. The number of aryl methyl sites for hydroxylation is 1. The zero-order chi connectivity index (χ0) is 41.6. The molecular formula is C59H55NO. The fourth-order valence-corrected chi connectivity index (χ4v) is 9.34. The first-order valence-electron chi connectivity index (χ1n) is 22.3. The smallest absolute Gasteiger partial charge is 0.127 e. The number of anilines is 3. The number of nitrogens with zero attached hydrogens (tertiary/aromatic N) is 1. The lowest BCUT2D eigenvalue weighted by Crippen LogP contribution is -2.29. The van der Waals surface area contributed by atoms with Crippen molar-refractivity contribution in [2.24, 2.45) is 0 Å². The van der Waals surface area contributed by atoms with E-state index < -0.39 is 5.41 Å². The molecule has 0 aliphatic heterocycles. The highest BCUT2D eigenvalue weighted by molar-refractivity contribution is 5.89. The summed E-state index contributed by atoms with van der Waals surface area (Å²) >= 11 is 0. The van der Waals surface area contributed by atoms with Crippen molar-refractivity contribution in [1.29, 1.82) is 0 Å². The van der Waals surface area contributed by atoms with Gasteiger partial charge in [0.15, 0.2) is 0 Å². The molecule has 2 nitrogen and oxygen atoms in total. The SMILES string of the molecule is CCCCCCc1ccc(C2(c3ccc(Oc4ccc(C(C)CC)cc4)cc3)c3ccccc3-c3ccc(N(c4ccccc4)c4ccc(-c5ccccc5)cc4)cc32)cc1. The molecule has 0 amide bonds. The van der Waals surface area contributed by atoms with Crippen molar-refractivity contribution in [2.45, 2.75) is 70.6 Å². The summed E-state index contributed by atoms with van der Waals surface area (Å²) in [5, 5.41) is 0. The quantitative estimate of drug-likeness (QED) is 0.0959. The third-order valence-corrected chi connectivity index (χ3v) is 12.8. The van der Waals surface area contributed by atoms with E-state index in [1.807, 2.05) is 0 Å². The number of benzene rings is 8. The van der Waals surface area contributed by atoms with Crippen LogP contribution >= 0.6 is 0 Å². The predicted octanol–water partition coefficient (Wildman–Crippen LogP) is 16.6. The van der Waals surface area contributed by atoms with Crippen LogP contribution < -0.4 is 9.64 Å². The Morgan fingerprint density at radius 1 is 0.475 bits per heavy atom. The Labute approximate surface area is 363 Å². The second-order valence-electron chi connectivity index (χ2n) is 16.6. The van der Waals surface area contributed by atoms with Crippen LogP contribution in [0.2, 0.25) is 0 Å². The Kier molecular flexibility index (Phi) is 11.7. The Morgan fingerprint density at radius 2 is 1.03 bits per heavy atom. The van der Waals surface area contributed by atoms with Gasteiger partial charge in [-0.05, 0) is 141 Å². The summed E-state index contributed by atoms with van der Waals surface area (Å²) < 4.78 is 6.49. The first kappa shape index (κ1) is 39.8. The highest BCUT2D eigenvalue weighted by Gasteiger charge is 2.46. The average Bonchev–Trinajstić information content (AvgIpc) is 3.62. The molecule has 0 bridgehead atoms. The number of hydrogen-bond donors (Lipinski definition) is 0. The molecular weight excluding hydrogens is 739 g/mol. The van der Waals surface area contributed by atoms with Gasteiger partial charge in [0.2, 0.25) is 0 Å². The van der Waals surface area contributed by atoms with Crippen LogP contribution in [0.1, 0.15) is 92.2 Å². The summed E-state index contributed by atoms with van der Waals surface area (Å²) in [6.07, 6.45) is 7.25. The van der Waals surface area contributed by atoms with Gasteiger partial charge < -0.3 is 9.64 Å². The molecule has 0 N–H and O–H groups in total. The van der Waals surface area contributed by atoms with Crippen molar-refractivity contribution in [2.75, 3.05) is 4.90 Å². The summed E-state index contributed by atoms with van der Waals surface area (Å²) in [6, 6.07) is 73.5. The highest BCUT2D eigenvalue weighted by Crippen LogP contribution is 2.57. The van der Waals surface area contributed by atoms with Crippen molar-refractivity contribution >= 4 is 17.1 Å². The lowest BCUT2D eigenvalue weighted by atomic mass is 9.67. The minimum atomic E-state index is -0.571. The lowest BCUT2D eigenvalue weighted by Gasteiger charge is -2.35. The molecule has 2 unspecified atom stereocenters. The Balaban J connectivity index is 1.18. The van der Waals surface area contributed by atoms with E-state index in [0.717, 1.165) is 41.4 Å². The van der Waals surface area contributed by atoms with Gasteiger partial charge >= 0.3 is 0 Å². The van der Waals surface area contributed by atoms with E-state index in [0.29, 0.717) is 5.92 Å². The van der Waals surface area contributed by atoms with E-state index in [-0.39, 0.29) is 0 Å². The molecule has 9 rings (SSSR count).